The van der Waals surface area contributed by atoms with Gasteiger partial charge in [-0.1, -0.05) is 31.2 Å². The lowest BCUT2D eigenvalue weighted by Crippen LogP contribution is -2.17. The smallest absolute Gasteiger partial charge is 0.0518 e. The molecule has 0 radical (unpaired) electrons. The number of nitrogens with one attached hydrogen (secondary N) is 1. The van der Waals surface area contributed by atoms with Crippen molar-refractivity contribution < 1.29 is 4.74 Å². The average Bonchev–Trinajstić information content (AvgIpc) is 2.34. The van der Waals surface area contributed by atoms with Crippen molar-refractivity contribution in [3.63, 3.8) is 0 Å². The standard InChI is InChI=1S/C15H25NO/c1-4-14-6-8-15(9-7-14)12-16-10-5-11-17-13(2)3/h6-9,13,16H,4-5,10-12H2,1-3H3. The normalized spacial score (nSPS) is 11.1. The topological polar surface area (TPSA) is 21.3 Å². The minimum atomic E-state index is 0.344. The third kappa shape index (κ3) is 6.44. The summed E-state index contributed by atoms with van der Waals surface area (Å²) in [6.45, 7) is 9.14. The van der Waals surface area contributed by atoms with Crippen LogP contribution in [0.1, 0.15) is 38.3 Å². The van der Waals surface area contributed by atoms with Crippen molar-refractivity contribution >= 4 is 0 Å². The number of benzene rings is 1. The summed E-state index contributed by atoms with van der Waals surface area (Å²) in [4.78, 5) is 0. The van der Waals surface area contributed by atoms with Gasteiger partial charge in [0.2, 0.25) is 0 Å². The van der Waals surface area contributed by atoms with Crippen molar-refractivity contribution in [2.24, 2.45) is 0 Å². The molecule has 0 atom stereocenters. The Morgan fingerprint density at radius 1 is 1.12 bits per heavy atom. The first kappa shape index (κ1) is 14.2. The maximum atomic E-state index is 5.48. The Morgan fingerprint density at radius 3 is 2.35 bits per heavy atom. The quantitative estimate of drug-likeness (QED) is 0.699. The van der Waals surface area contributed by atoms with E-state index >= 15 is 0 Å². The van der Waals surface area contributed by atoms with Gasteiger partial charge in [0.25, 0.3) is 0 Å². The number of hydrogen-bond donors (Lipinski definition) is 1. The molecule has 0 heterocycles. The van der Waals surface area contributed by atoms with E-state index in [0.29, 0.717) is 6.10 Å². The van der Waals surface area contributed by atoms with Crippen LogP contribution in [0, 0.1) is 0 Å². The van der Waals surface area contributed by atoms with Crippen LogP contribution in [0.5, 0.6) is 0 Å². The van der Waals surface area contributed by atoms with Gasteiger partial charge in [-0.15, -0.1) is 0 Å². The molecule has 0 amide bonds. The van der Waals surface area contributed by atoms with Gasteiger partial charge in [-0.25, -0.2) is 0 Å². The van der Waals surface area contributed by atoms with Crippen molar-refractivity contribution in [2.45, 2.75) is 46.3 Å². The predicted octanol–water partition coefficient (Wildman–Crippen LogP) is 3.15. The molecule has 1 N–H and O–H groups in total. The molecule has 2 nitrogen and oxygen atoms in total. The van der Waals surface area contributed by atoms with Crippen molar-refractivity contribution in [3.05, 3.63) is 35.4 Å². The van der Waals surface area contributed by atoms with Crippen molar-refractivity contribution in [1.82, 2.24) is 5.32 Å². The van der Waals surface area contributed by atoms with Crippen molar-refractivity contribution in [3.8, 4) is 0 Å². The number of aryl methyl sites for hydroxylation is 1. The summed E-state index contributed by atoms with van der Waals surface area (Å²) in [5, 5.41) is 3.43. The monoisotopic (exact) mass is 235 g/mol. The highest BCUT2D eigenvalue weighted by Crippen LogP contribution is 2.04. The van der Waals surface area contributed by atoms with Crippen LogP contribution in [-0.4, -0.2) is 19.3 Å². The second-order valence-electron chi connectivity index (χ2n) is 4.62. The Labute approximate surface area is 105 Å². The van der Waals surface area contributed by atoms with Crippen LogP contribution in [0.4, 0.5) is 0 Å². The molecule has 2 heteroatoms. The van der Waals surface area contributed by atoms with Gasteiger partial charge in [-0.3, -0.25) is 0 Å². The first-order chi connectivity index (χ1) is 8.22. The first-order valence-corrected chi connectivity index (χ1v) is 6.62. The molecule has 17 heavy (non-hydrogen) atoms. The highest BCUT2D eigenvalue weighted by molar-refractivity contribution is 5.22. The summed E-state index contributed by atoms with van der Waals surface area (Å²) < 4.78 is 5.48. The Bertz CT molecular complexity index is 292. The fraction of sp³-hybridized carbons (Fsp3) is 0.600. The Hall–Kier alpha value is -0.860. The lowest BCUT2D eigenvalue weighted by molar-refractivity contribution is 0.0770. The zero-order valence-electron chi connectivity index (χ0n) is 11.3. The third-order valence-corrected chi connectivity index (χ3v) is 2.71. The van der Waals surface area contributed by atoms with Gasteiger partial charge >= 0.3 is 0 Å². The Morgan fingerprint density at radius 2 is 1.76 bits per heavy atom. The van der Waals surface area contributed by atoms with Crippen LogP contribution in [-0.2, 0) is 17.7 Å². The first-order valence-electron chi connectivity index (χ1n) is 6.62. The third-order valence-electron chi connectivity index (χ3n) is 2.71. The van der Waals surface area contributed by atoms with Gasteiger partial charge in [0, 0.05) is 13.2 Å². The molecule has 0 aromatic heterocycles. The molecule has 1 rings (SSSR count). The molecule has 0 saturated carbocycles. The maximum Gasteiger partial charge on any atom is 0.0518 e. The zero-order valence-corrected chi connectivity index (χ0v) is 11.3. The number of hydrogen-bond acceptors (Lipinski definition) is 2. The van der Waals surface area contributed by atoms with E-state index in [4.69, 9.17) is 4.74 Å². The molecule has 0 unspecified atom stereocenters. The van der Waals surface area contributed by atoms with E-state index in [-0.39, 0.29) is 0 Å². The van der Waals surface area contributed by atoms with Gasteiger partial charge in [0.05, 0.1) is 6.10 Å². The molecule has 0 spiro atoms. The van der Waals surface area contributed by atoms with Crippen LogP contribution in [0.2, 0.25) is 0 Å². The summed E-state index contributed by atoms with van der Waals surface area (Å²) >= 11 is 0. The second-order valence-corrected chi connectivity index (χ2v) is 4.62. The predicted molar refractivity (Wildman–Crippen MR) is 73.2 cm³/mol. The minimum Gasteiger partial charge on any atom is -0.379 e. The van der Waals surface area contributed by atoms with E-state index in [1.54, 1.807) is 0 Å². The minimum absolute atomic E-state index is 0.344. The lowest BCUT2D eigenvalue weighted by atomic mass is 10.1. The molecule has 1 aromatic carbocycles. The van der Waals surface area contributed by atoms with E-state index in [1.807, 2.05) is 0 Å². The molecule has 0 fully saturated rings. The van der Waals surface area contributed by atoms with Crippen LogP contribution < -0.4 is 5.32 Å². The van der Waals surface area contributed by atoms with E-state index < -0.39 is 0 Å². The van der Waals surface area contributed by atoms with E-state index in [2.05, 4.69) is 50.4 Å². The average molecular weight is 235 g/mol. The summed E-state index contributed by atoms with van der Waals surface area (Å²) in [5.41, 5.74) is 2.76. The number of rotatable bonds is 8. The van der Waals surface area contributed by atoms with Crippen LogP contribution in [0.3, 0.4) is 0 Å². The molecular weight excluding hydrogens is 210 g/mol. The molecule has 96 valence electrons. The molecular formula is C15H25NO. The van der Waals surface area contributed by atoms with E-state index in [1.165, 1.54) is 11.1 Å². The SMILES string of the molecule is CCc1ccc(CNCCCOC(C)C)cc1. The largest absolute Gasteiger partial charge is 0.379 e. The second kappa shape index (κ2) is 8.26. The summed E-state index contributed by atoms with van der Waals surface area (Å²) in [6, 6.07) is 8.82. The van der Waals surface area contributed by atoms with Crippen LogP contribution in [0.25, 0.3) is 0 Å². The molecule has 0 aliphatic rings. The lowest BCUT2D eigenvalue weighted by Gasteiger charge is -2.08. The van der Waals surface area contributed by atoms with Gasteiger partial charge in [0.1, 0.15) is 0 Å². The highest BCUT2D eigenvalue weighted by atomic mass is 16.5. The van der Waals surface area contributed by atoms with E-state index in [0.717, 1.165) is 32.5 Å². The van der Waals surface area contributed by atoms with Gasteiger partial charge in [-0.05, 0) is 44.4 Å². The molecule has 0 saturated heterocycles. The van der Waals surface area contributed by atoms with Crippen LogP contribution in [0.15, 0.2) is 24.3 Å². The molecule has 0 bridgehead atoms. The number of ether oxygens (including phenoxy) is 1. The highest BCUT2D eigenvalue weighted by Gasteiger charge is 1.95. The van der Waals surface area contributed by atoms with Crippen molar-refractivity contribution in [1.29, 1.82) is 0 Å². The van der Waals surface area contributed by atoms with Gasteiger partial charge in [-0.2, -0.15) is 0 Å². The maximum absolute atomic E-state index is 5.48. The van der Waals surface area contributed by atoms with Gasteiger partial charge < -0.3 is 10.1 Å². The summed E-state index contributed by atoms with van der Waals surface area (Å²) in [6.07, 6.45) is 2.53. The Kier molecular flexibility index (Phi) is 6.90. The van der Waals surface area contributed by atoms with E-state index in [9.17, 15) is 0 Å². The molecule has 0 aliphatic heterocycles. The van der Waals surface area contributed by atoms with Gasteiger partial charge in [0.15, 0.2) is 0 Å². The zero-order chi connectivity index (χ0) is 12.5. The summed E-state index contributed by atoms with van der Waals surface area (Å²) in [5.74, 6) is 0. The summed E-state index contributed by atoms with van der Waals surface area (Å²) in [7, 11) is 0. The van der Waals surface area contributed by atoms with Crippen LogP contribution >= 0.6 is 0 Å². The fourth-order valence-corrected chi connectivity index (χ4v) is 1.64. The molecule has 0 aliphatic carbocycles. The Balaban J connectivity index is 2.09. The molecule has 1 aromatic rings. The fourth-order valence-electron chi connectivity index (χ4n) is 1.64. The van der Waals surface area contributed by atoms with Crippen molar-refractivity contribution in [2.75, 3.05) is 13.2 Å².